The van der Waals surface area contributed by atoms with Crippen LogP contribution in [0.1, 0.15) is 13.3 Å². The van der Waals surface area contributed by atoms with Gasteiger partial charge in [0.05, 0.1) is 11.6 Å². The SMILES string of the molecule is CCC(CN)C(=O)Nc1cc2c(cc1Br)OCCO2. The number of hydrogen-bond acceptors (Lipinski definition) is 4. The zero-order valence-electron chi connectivity index (χ0n) is 10.7. The number of carbonyl (C=O) groups is 1. The lowest BCUT2D eigenvalue weighted by Gasteiger charge is -2.20. The summed E-state index contributed by atoms with van der Waals surface area (Å²) in [6.07, 6.45) is 0.713. The Bertz CT molecular complexity index is 475. The van der Waals surface area contributed by atoms with E-state index in [1.165, 1.54) is 0 Å². The normalized spacial score (nSPS) is 14.9. The molecule has 0 bridgehead atoms. The zero-order valence-corrected chi connectivity index (χ0v) is 12.3. The molecule has 0 spiro atoms. The van der Waals surface area contributed by atoms with Crippen LogP contribution in [0.25, 0.3) is 0 Å². The largest absolute Gasteiger partial charge is 0.486 e. The van der Waals surface area contributed by atoms with Crippen LogP contribution in [0.4, 0.5) is 5.69 Å². The van der Waals surface area contributed by atoms with E-state index in [4.69, 9.17) is 15.2 Å². The second-order valence-corrected chi connectivity index (χ2v) is 5.16. The molecule has 1 unspecified atom stereocenters. The first-order valence-corrected chi connectivity index (χ1v) is 7.05. The molecule has 0 aliphatic carbocycles. The molecule has 1 atom stereocenters. The van der Waals surface area contributed by atoms with Crippen molar-refractivity contribution < 1.29 is 14.3 Å². The molecule has 5 nitrogen and oxygen atoms in total. The Morgan fingerprint density at radius 2 is 2.05 bits per heavy atom. The summed E-state index contributed by atoms with van der Waals surface area (Å²) in [4.78, 5) is 12.0. The maximum atomic E-state index is 12.0. The Balaban J connectivity index is 2.18. The minimum Gasteiger partial charge on any atom is -0.486 e. The number of carbonyl (C=O) groups excluding carboxylic acids is 1. The highest BCUT2D eigenvalue weighted by molar-refractivity contribution is 9.10. The van der Waals surface area contributed by atoms with Gasteiger partial charge in [-0.25, -0.2) is 0 Å². The van der Waals surface area contributed by atoms with Gasteiger partial charge in [-0.1, -0.05) is 6.92 Å². The Morgan fingerprint density at radius 3 is 2.63 bits per heavy atom. The van der Waals surface area contributed by atoms with Crippen LogP contribution >= 0.6 is 15.9 Å². The number of nitrogens with two attached hydrogens (primary N) is 1. The van der Waals surface area contributed by atoms with Crippen LogP contribution < -0.4 is 20.5 Å². The molecule has 0 saturated carbocycles. The number of fused-ring (bicyclic) bond motifs is 1. The van der Waals surface area contributed by atoms with Crippen molar-refractivity contribution in [2.45, 2.75) is 13.3 Å². The number of amides is 1. The van der Waals surface area contributed by atoms with Crippen molar-refractivity contribution in [2.75, 3.05) is 25.1 Å². The summed E-state index contributed by atoms with van der Waals surface area (Å²) in [6, 6.07) is 3.56. The van der Waals surface area contributed by atoms with E-state index in [0.717, 1.165) is 4.47 Å². The summed E-state index contributed by atoms with van der Waals surface area (Å²) in [5.74, 6) is 1.06. The van der Waals surface area contributed by atoms with E-state index in [-0.39, 0.29) is 11.8 Å². The third kappa shape index (κ3) is 3.19. The van der Waals surface area contributed by atoms with Gasteiger partial charge >= 0.3 is 0 Å². The molecule has 19 heavy (non-hydrogen) atoms. The van der Waals surface area contributed by atoms with Crippen LogP contribution in [0, 0.1) is 5.92 Å². The lowest BCUT2D eigenvalue weighted by molar-refractivity contribution is -0.119. The van der Waals surface area contributed by atoms with Gasteiger partial charge < -0.3 is 20.5 Å². The molecule has 1 amide bonds. The number of nitrogens with one attached hydrogen (secondary N) is 1. The fourth-order valence-corrected chi connectivity index (χ4v) is 2.28. The van der Waals surface area contributed by atoms with Gasteiger partial charge in [0.2, 0.25) is 5.91 Å². The molecule has 3 N–H and O–H groups in total. The predicted molar refractivity (Wildman–Crippen MR) is 76.6 cm³/mol. The first-order valence-electron chi connectivity index (χ1n) is 6.25. The van der Waals surface area contributed by atoms with Crippen molar-refractivity contribution >= 4 is 27.5 Å². The minimum atomic E-state index is -0.180. The number of ether oxygens (including phenoxy) is 2. The first-order chi connectivity index (χ1) is 9.15. The van der Waals surface area contributed by atoms with Gasteiger partial charge in [0, 0.05) is 23.2 Å². The Labute approximate surface area is 120 Å². The lowest BCUT2D eigenvalue weighted by atomic mass is 10.1. The summed E-state index contributed by atoms with van der Waals surface area (Å²) in [5, 5.41) is 2.86. The standard InChI is InChI=1S/C13H17BrN2O3/c1-2-8(7-15)13(17)16-10-6-12-11(5-9(10)14)18-3-4-19-12/h5-6,8H,2-4,7,15H2,1H3,(H,16,17). The van der Waals surface area contributed by atoms with Gasteiger partial charge in [0.25, 0.3) is 0 Å². The van der Waals surface area contributed by atoms with Gasteiger partial charge in [-0.15, -0.1) is 0 Å². The predicted octanol–water partition coefficient (Wildman–Crippen LogP) is 2.14. The molecule has 2 rings (SSSR count). The molecule has 0 saturated heterocycles. The smallest absolute Gasteiger partial charge is 0.228 e. The van der Waals surface area contributed by atoms with Crippen molar-refractivity contribution in [1.82, 2.24) is 0 Å². The Hall–Kier alpha value is -1.27. The highest BCUT2D eigenvalue weighted by Gasteiger charge is 2.19. The number of anilines is 1. The molecule has 1 aromatic carbocycles. The maximum Gasteiger partial charge on any atom is 0.228 e. The summed E-state index contributed by atoms with van der Waals surface area (Å²) in [7, 11) is 0. The molecular formula is C13H17BrN2O3. The van der Waals surface area contributed by atoms with E-state index in [1.54, 1.807) is 12.1 Å². The highest BCUT2D eigenvalue weighted by atomic mass is 79.9. The van der Waals surface area contributed by atoms with E-state index in [1.807, 2.05) is 6.92 Å². The number of halogens is 1. The molecule has 0 aromatic heterocycles. The number of rotatable bonds is 4. The maximum absolute atomic E-state index is 12.0. The molecule has 1 heterocycles. The summed E-state index contributed by atoms with van der Waals surface area (Å²) >= 11 is 3.42. The minimum absolute atomic E-state index is 0.0811. The second kappa shape index (κ2) is 6.25. The van der Waals surface area contributed by atoms with Crippen LogP contribution in [0.2, 0.25) is 0 Å². The zero-order chi connectivity index (χ0) is 13.8. The highest BCUT2D eigenvalue weighted by Crippen LogP contribution is 2.38. The first kappa shape index (κ1) is 14.1. The van der Waals surface area contributed by atoms with Crippen LogP contribution in [0.3, 0.4) is 0 Å². The lowest BCUT2D eigenvalue weighted by Crippen LogP contribution is -2.28. The molecule has 1 aliphatic heterocycles. The molecule has 1 aliphatic rings. The van der Waals surface area contributed by atoms with Crippen molar-refractivity contribution in [3.8, 4) is 11.5 Å². The Morgan fingerprint density at radius 1 is 1.42 bits per heavy atom. The number of benzene rings is 1. The molecular weight excluding hydrogens is 312 g/mol. The van der Waals surface area contributed by atoms with Crippen LogP contribution in [-0.2, 0) is 4.79 Å². The molecule has 0 radical (unpaired) electrons. The van der Waals surface area contributed by atoms with E-state index >= 15 is 0 Å². The average molecular weight is 329 g/mol. The third-order valence-corrected chi connectivity index (χ3v) is 3.69. The average Bonchev–Trinajstić information content (AvgIpc) is 2.41. The van der Waals surface area contributed by atoms with Crippen molar-refractivity contribution in [3.05, 3.63) is 16.6 Å². The third-order valence-electron chi connectivity index (χ3n) is 3.04. The van der Waals surface area contributed by atoms with Crippen molar-refractivity contribution in [2.24, 2.45) is 11.7 Å². The summed E-state index contributed by atoms with van der Waals surface area (Å²) in [6.45, 7) is 3.33. The summed E-state index contributed by atoms with van der Waals surface area (Å²) in [5.41, 5.74) is 6.24. The molecule has 1 aromatic rings. The van der Waals surface area contributed by atoms with Crippen molar-refractivity contribution in [1.29, 1.82) is 0 Å². The van der Waals surface area contributed by atoms with Crippen LogP contribution in [-0.4, -0.2) is 25.7 Å². The quantitative estimate of drug-likeness (QED) is 0.888. The second-order valence-electron chi connectivity index (χ2n) is 4.31. The molecule has 6 heteroatoms. The van der Waals surface area contributed by atoms with E-state index in [9.17, 15) is 4.79 Å². The monoisotopic (exact) mass is 328 g/mol. The van der Waals surface area contributed by atoms with Crippen LogP contribution in [0.15, 0.2) is 16.6 Å². The van der Waals surface area contributed by atoms with Gasteiger partial charge in [-0.3, -0.25) is 4.79 Å². The fourth-order valence-electron chi connectivity index (χ4n) is 1.85. The van der Waals surface area contributed by atoms with Crippen molar-refractivity contribution in [3.63, 3.8) is 0 Å². The summed E-state index contributed by atoms with van der Waals surface area (Å²) < 4.78 is 11.7. The van der Waals surface area contributed by atoms with E-state index < -0.39 is 0 Å². The van der Waals surface area contributed by atoms with Gasteiger partial charge in [-0.05, 0) is 22.4 Å². The van der Waals surface area contributed by atoms with Gasteiger partial charge in [0.1, 0.15) is 13.2 Å². The Kier molecular flexibility index (Phi) is 4.66. The van der Waals surface area contributed by atoms with E-state index in [2.05, 4.69) is 21.2 Å². The molecule has 104 valence electrons. The van der Waals surface area contributed by atoms with Crippen LogP contribution in [0.5, 0.6) is 11.5 Å². The fraction of sp³-hybridized carbons (Fsp3) is 0.462. The van der Waals surface area contributed by atoms with Gasteiger partial charge in [-0.2, -0.15) is 0 Å². The number of hydrogen-bond donors (Lipinski definition) is 2. The topological polar surface area (TPSA) is 73.6 Å². The van der Waals surface area contributed by atoms with Gasteiger partial charge in [0.15, 0.2) is 11.5 Å². The molecule has 0 fully saturated rings. The van der Waals surface area contributed by atoms with E-state index in [0.29, 0.717) is 43.4 Å².